The zero-order valence-corrected chi connectivity index (χ0v) is 16.7. The van der Waals surface area contributed by atoms with Crippen LogP contribution in [0.5, 0.6) is 0 Å². The first-order valence-corrected chi connectivity index (χ1v) is 10.6. The number of rotatable bonds is 6. The number of aromatic nitrogens is 3. The zero-order valence-electron chi connectivity index (χ0n) is 16.7. The number of hydrogen-bond donors (Lipinski definition) is 3. The molecule has 1 aromatic rings. The summed E-state index contributed by atoms with van der Waals surface area (Å²) < 4.78 is 1.97. The van der Waals surface area contributed by atoms with E-state index in [4.69, 9.17) is 5.73 Å². The molecule has 4 aliphatic rings. The van der Waals surface area contributed by atoms with Crippen LogP contribution in [0.4, 0.5) is 0 Å². The first-order valence-electron chi connectivity index (χ1n) is 10.6. The quantitative estimate of drug-likeness (QED) is 0.479. The van der Waals surface area contributed by atoms with Gasteiger partial charge in [-0.1, -0.05) is 5.21 Å². The summed E-state index contributed by atoms with van der Waals surface area (Å²) in [6, 6.07) is 0.517. The van der Waals surface area contributed by atoms with E-state index >= 15 is 0 Å². The van der Waals surface area contributed by atoms with Crippen LogP contribution in [-0.2, 0) is 22.7 Å². The Bertz CT molecular complexity index is 713. The summed E-state index contributed by atoms with van der Waals surface area (Å²) in [5.74, 6) is 0.603. The predicted molar refractivity (Wildman–Crippen MR) is 101 cm³/mol. The van der Waals surface area contributed by atoms with Crippen molar-refractivity contribution in [3.8, 4) is 0 Å². The van der Waals surface area contributed by atoms with Crippen LogP contribution in [0, 0.1) is 17.8 Å². The zero-order chi connectivity index (χ0) is 19.7. The highest BCUT2D eigenvalue weighted by atomic mass is 16.2. The number of piperidine rings is 4. The van der Waals surface area contributed by atoms with E-state index in [9.17, 15) is 9.59 Å². The minimum atomic E-state index is -0.227. The molecule has 1 aromatic heterocycles. The molecular formula is C19H33N7O2+2. The van der Waals surface area contributed by atoms with Gasteiger partial charge in [-0.2, -0.15) is 0 Å². The molecule has 28 heavy (non-hydrogen) atoms. The van der Waals surface area contributed by atoms with Crippen molar-refractivity contribution in [2.24, 2.45) is 23.5 Å². The molecule has 5 N–H and O–H groups in total. The van der Waals surface area contributed by atoms with E-state index in [1.807, 2.05) is 22.8 Å². The van der Waals surface area contributed by atoms with Gasteiger partial charge >= 0.3 is 0 Å². The third-order valence-electron chi connectivity index (χ3n) is 6.98. The third-order valence-corrected chi connectivity index (χ3v) is 6.98. The van der Waals surface area contributed by atoms with Crippen molar-refractivity contribution >= 4 is 11.8 Å². The topological polar surface area (TPSA) is 115 Å². The van der Waals surface area contributed by atoms with Crippen LogP contribution in [0.15, 0.2) is 6.20 Å². The smallest absolute Gasteiger partial charge is 0.231 e. The second-order valence-electron chi connectivity index (χ2n) is 8.75. The summed E-state index contributed by atoms with van der Waals surface area (Å²) in [6.07, 6.45) is 5.68. The average molecular weight is 392 g/mol. The molecule has 0 spiro atoms. The van der Waals surface area contributed by atoms with Gasteiger partial charge in [0.1, 0.15) is 18.3 Å². The lowest BCUT2D eigenvalue weighted by atomic mass is 9.74. The lowest BCUT2D eigenvalue weighted by Gasteiger charge is -2.47. The molecule has 0 saturated carbocycles. The summed E-state index contributed by atoms with van der Waals surface area (Å²) in [7, 11) is 2.03. The van der Waals surface area contributed by atoms with Gasteiger partial charge in [-0.3, -0.25) is 9.59 Å². The van der Waals surface area contributed by atoms with Crippen LogP contribution in [0.2, 0.25) is 0 Å². The Morgan fingerprint density at radius 3 is 2.75 bits per heavy atom. The van der Waals surface area contributed by atoms with E-state index in [0.29, 0.717) is 43.8 Å². The van der Waals surface area contributed by atoms with Gasteiger partial charge in [-0.25, -0.2) is 4.68 Å². The van der Waals surface area contributed by atoms with Crippen molar-refractivity contribution in [1.29, 1.82) is 0 Å². The number of nitrogens with two attached hydrogens (primary N) is 2. The normalized spacial score (nSPS) is 30.5. The van der Waals surface area contributed by atoms with E-state index in [1.165, 1.54) is 4.90 Å². The minimum absolute atomic E-state index is 0.0662. The number of nitrogens with one attached hydrogen (secondary N) is 1. The maximum atomic E-state index is 13.1. The van der Waals surface area contributed by atoms with Crippen LogP contribution in [0.3, 0.4) is 0 Å². The molecule has 4 aliphatic heterocycles. The summed E-state index contributed by atoms with van der Waals surface area (Å²) in [4.78, 5) is 28.0. The Morgan fingerprint density at radius 1 is 1.32 bits per heavy atom. The first kappa shape index (κ1) is 19.3. The van der Waals surface area contributed by atoms with Gasteiger partial charge in [0, 0.05) is 31.8 Å². The third kappa shape index (κ3) is 3.91. The number of nitrogens with zero attached hydrogens (tertiary/aromatic N) is 4. The Hall–Kier alpha value is -2.00. The predicted octanol–water partition coefficient (Wildman–Crippen LogP) is -3.01. The second-order valence-corrected chi connectivity index (χ2v) is 8.75. The fourth-order valence-electron chi connectivity index (χ4n) is 5.38. The molecule has 0 aromatic carbocycles. The number of quaternary nitrogens is 2. The maximum absolute atomic E-state index is 13.1. The maximum Gasteiger partial charge on any atom is 0.231 e. The van der Waals surface area contributed by atoms with E-state index in [0.717, 1.165) is 44.7 Å². The van der Waals surface area contributed by atoms with Crippen LogP contribution >= 0.6 is 0 Å². The Kier molecular flexibility index (Phi) is 5.63. The summed E-state index contributed by atoms with van der Waals surface area (Å²) >= 11 is 0. The van der Waals surface area contributed by atoms with E-state index in [1.54, 1.807) is 0 Å². The number of carbonyl (C=O) groups excluding carboxylic acids is 2. The second kappa shape index (κ2) is 8.16. The number of primary amides is 1. The lowest BCUT2D eigenvalue weighted by Crippen LogP contribution is -3.20. The number of carbonyl (C=O) groups is 2. The molecule has 4 atom stereocenters. The largest absolute Gasteiger partial charge is 0.369 e. The monoisotopic (exact) mass is 391 g/mol. The number of hydrogen-bond acceptors (Lipinski definition) is 4. The molecule has 9 heteroatoms. The van der Waals surface area contributed by atoms with Gasteiger partial charge in [-0.15, -0.1) is 5.10 Å². The summed E-state index contributed by atoms with van der Waals surface area (Å²) in [5.41, 5.74) is 6.43. The van der Waals surface area contributed by atoms with Gasteiger partial charge in [-0.05, 0) is 18.8 Å². The van der Waals surface area contributed by atoms with Crippen LogP contribution in [0.1, 0.15) is 31.4 Å². The van der Waals surface area contributed by atoms with Crippen molar-refractivity contribution in [3.63, 3.8) is 0 Å². The fraction of sp³-hybridized carbons (Fsp3) is 0.789. The molecule has 4 saturated heterocycles. The highest BCUT2D eigenvalue weighted by Gasteiger charge is 2.48. The minimum Gasteiger partial charge on any atom is -0.369 e. The fourth-order valence-corrected chi connectivity index (χ4v) is 5.38. The van der Waals surface area contributed by atoms with Gasteiger partial charge in [0.05, 0.1) is 38.8 Å². The van der Waals surface area contributed by atoms with Gasteiger partial charge in [0.15, 0.2) is 0 Å². The summed E-state index contributed by atoms with van der Waals surface area (Å²) in [5, 5.41) is 10.6. The van der Waals surface area contributed by atoms with Gasteiger partial charge in [0.25, 0.3) is 0 Å². The molecule has 154 valence electrons. The lowest BCUT2D eigenvalue weighted by molar-refractivity contribution is -0.945. The van der Waals surface area contributed by atoms with Crippen molar-refractivity contribution < 1.29 is 19.8 Å². The Balaban J connectivity index is 1.33. The van der Waals surface area contributed by atoms with Gasteiger partial charge in [0.2, 0.25) is 11.8 Å². The molecule has 5 rings (SSSR count). The molecular weight excluding hydrogens is 358 g/mol. The number of fused-ring (bicyclic) bond motifs is 3. The van der Waals surface area contributed by atoms with Gasteiger partial charge < -0.3 is 20.9 Å². The number of amides is 2. The summed E-state index contributed by atoms with van der Waals surface area (Å²) in [6.45, 7) is 5.15. The molecule has 0 radical (unpaired) electrons. The molecule has 4 fully saturated rings. The molecule has 2 bridgehead atoms. The van der Waals surface area contributed by atoms with Crippen molar-refractivity contribution in [3.05, 3.63) is 11.9 Å². The van der Waals surface area contributed by atoms with Crippen LogP contribution in [-0.4, -0.2) is 71.0 Å². The molecule has 1 unspecified atom stereocenters. The molecule has 0 aliphatic carbocycles. The van der Waals surface area contributed by atoms with Crippen molar-refractivity contribution in [1.82, 2.24) is 19.9 Å². The Labute approximate surface area is 165 Å². The van der Waals surface area contributed by atoms with Crippen LogP contribution < -0.4 is 16.0 Å². The molecule has 2 amide bonds. The van der Waals surface area contributed by atoms with E-state index in [-0.39, 0.29) is 17.7 Å². The van der Waals surface area contributed by atoms with Crippen molar-refractivity contribution in [2.75, 3.05) is 33.2 Å². The number of likely N-dealkylation sites (tertiary alicyclic amines) is 1. The first-order chi connectivity index (χ1) is 13.5. The Morgan fingerprint density at radius 2 is 2.11 bits per heavy atom. The highest BCUT2D eigenvalue weighted by Crippen LogP contribution is 2.30. The SMILES string of the molecule is C[NH2+]Cc1cn(C[C@H]2C[C@H]3CC[NH+]2C[C@@H]3C(=O)N2CCC(C(N)=O)CC2)nn1. The molecule has 5 heterocycles. The highest BCUT2D eigenvalue weighted by molar-refractivity contribution is 5.80. The van der Waals surface area contributed by atoms with Crippen LogP contribution in [0.25, 0.3) is 0 Å². The van der Waals surface area contributed by atoms with E-state index in [2.05, 4.69) is 15.6 Å². The molecule has 9 nitrogen and oxygen atoms in total. The van der Waals surface area contributed by atoms with Crippen molar-refractivity contribution in [2.45, 2.75) is 44.8 Å². The standard InChI is InChI=1S/C19H31N7O2/c1-21-9-15-10-26(23-22-15)11-16-8-14-4-7-25(16)12-17(14)19(28)24-5-2-13(3-6-24)18(20)27/h10,13-14,16-17,21H,2-9,11-12H2,1H3,(H2,20,27)/p+2/t14-,16-,17+/m1/s1. The van der Waals surface area contributed by atoms with E-state index < -0.39 is 0 Å². The average Bonchev–Trinajstić information content (AvgIpc) is 3.15.